The Morgan fingerprint density at radius 3 is 2.35 bits per heavy atom. The maximum atomic E-state index is 11.8. The molecule has 0 atom stereocenters. The van der Waals surface area contributed by atoms with E-state index in [-0.39, 0.29) is 22.6 Å². The van der Waals surface area contributed by atoms with Gasteiger partial charge >= 0.3 is 5.97 Å². The van der Waals surface area contributed by atoms with Gasteiger partial charge in [-0.3, -0.25) is 4.79 Å². The summed E-state index contributed by atoms with van der Waals surface area (Å²) in [6.45, 7) is 0. The van der Waals surface area contributed by atoms with Gasteiger partial charge in [0.2, 0.25) is 5.43 Å². The van der Waals surface area contributed by atoms with Gasteiger partial charge in [-0.1, -0.05) is 0 Å². The highest BCUT2D eigenvalue weighted by atomic mass is 16.5. The zero-order chi connectivity index (χ0) is 14.5. The van der Waals surface area contributed by atoms with Crippen LogP contribution in [0.2, 0.25) is 0 Å². The van der Waals surface area contributed by atoms with E-state index in [0.717, 1.165) is 6.07 Å². The summed E-state index contributed by atoms with van der Waals surface area (Å²) in [5.41, 5.74) is -0.0122. The van der Waals surface area contributed by atoms with Crippen LogP contribution in [0.4, 0.5) is 0 Å². The number of phenolic OH excluding ortho intramolecular Hbond substituents is 1. The number of ether oxygens (including phenoxy) is 1. The van der Waals surface area contributed by atoms with E-state index in [2.05, 4.69) is 0 Å². The lowest BCUT2D eigenvalue weighted by Gasteiger charge is -2.01. The van der Waals surface area contributed by atoms with Crippen molar-refractivity contribution in [1.82, 2.24) is 0 Å². The fourth-order valence-corrected chi connectivity index (χ4v) is 1.47. The number of carbonyl (C=O) groups excluding carboxylic acids is 1. The monoisotopic (exact) mass is 267 g/mol. The van der Waals surface area contributed by atoms with Crippen LogP contribution in [-0.4, -0.2) is 11.1 Å². The van der Waals surface area contributed by atoms with Crippen LogP contribution in [0, 0.1) is 11.3 Å². The molecule has 2 rings (SSSR count). The lowest BCUT2D eigenvalue weighted by atomic mass is 10.2. The Bertz CT molecular complexity index is 745. The second-order valence-electron chi connectivity index (χ2n) is 3.90. The summed E-state index contributed by atoms with van der Waals surface area (Å²) < 4.78 is 4.99. The highest BCUT2D eigenvalue weighted by Crippen LogP contribution is 2.12. The van der Waals surface area contributed by atoms with E-state index in [1.807, 2.05) is 6.07 Å². The van der Waals surface area contributed by atoms with Gasteiger partial charge in [-0.05, 0) is 48.5 Å². The quantitative estimate of drug-likeness (QED) is 0.839. The fraction of sp³-hybridized carbons (Fsp3) is 0. The van der Waals surface area contributed by atoms with Gasteiger partial charge in [0.25, 0.3) is 0 Å². The second-order valence-corrected chi connectivity index (χ2v) is 3.90. The molecule has 0 radical (unpaired) electrons. The number of esters is 1. The molecule has 98 valence electrons. The average molecular weight is 267 g/mol. The van der Waals surface area contributed by atoms with E-state index in [1.165, 1.54) is 42.5 Å². The zero-order valence-electron chi connectivity index (χ0n) is 10.2. The molecule has 0 unspecified atom stereocenters. The van der Waals surface area contributed by atoms with Crippen molar-refractivity contribution in [3.63, 3.8) is 0 Å². The van der Waals surface area contributed by atoms with Crippen LogP contribution >= 0.6 is 0 Å². The van der Waals surface area contributed by atoms with Crippen molar-refractivity contribution in [2.75, 3.05) is 0 Å². The third-order valence-corrected chi connectivity index (χ3v) is 2.51. The molecule has 0 aromatic heterocycles. The van der Waals surface area contributed by atoms with Gasteiger partial charge in [0.05, 0.1) is 17.2 Å². The highest BCUT2D eigenvalue weighted by Gasteiger charge is 2.10. The SMILES string of the molecule is N#Cc1ccc(OC(=O)c2ccc(O)cc2)c(=O)cc1. The van der Waals surface area contributed by atoms with Crippen LogP contribution in [-0.2, 0) is 0 Å². The van der Waals surface area contributed by atoms with Crippen molar-refractivity contribution in [2.45, 2.75) is 0 Å². The van der Waals surface area contributed by atoms with Gasteiger partial charge in [-0.25, -0.2) is 4.79 Å². The summed E-state index contributed by atoms with van der Waals surface area (Å²) in [7, 11) is 0. The molecule has 0 aliphatic rings. The fourth-order valence-electron chi connectivity index (χ4n) is 1.47. The molecular weight excluding hydrogens is 258 g/mol. The van der Waals surface area contributed by atoms with Gasteiger partial charge in [0, 0.05) is 0 Å². The smallest absolute Gasteiger partial charge is 0.343 e. The first-order valence-electron chi connectivity index (χ1n) is 5.66. The molecule has 5 heteroatoms. The molecule has 0 spiro atoms. The van der Waals surface area contributed by atoms with Crippen molar-refractivity contribution < 1.29 is 14.6 Å². The summed E-state index contributed by atoms with van der Waals surface area (Å²) >= 11 is 0. The standard InChI is InChI=1S/C15H9NO4/c16-9-10-1-7-13(18)14(8-2-10)20-15(19)11-3-5-12(17)6-4-11/h1-8,17H. The van der Waals surface area contributed by atoms with Crippen LogP contribution in [0.15, 0.2) is 53.3 Å². The van der Waals surface area contributed by atoms with E-state index in [0.29, 0.717) is 0 Å². The van der Waals surface area contributed by atoms with Crippen molar-refractivity contribution in [1.29, 1.82) is 5.26 Å². The first kappa shape index (κ1) is 13.3. The lowest BCUT2D eigenvalue weighted by Crippen LogP contribution is -2.13. The van der Waals surface area contributed by atoms with Crippen molar-refractivity contribution >= 4 is 5.97 Å². The molecule has 0 bridgehead atoms. The molecule has 0 amide bonds. The number of aromatic hydroxyl groups is 1. The molecule has 0 aliphatic heterocycles. The Kier molecular flexibility index (Phi) is 3.77. The molecular formula is C15H9NO4. The highest BCUT2D eigenvalue weighted by molar-refractivity contribution is 5.91. The summed E-state index contributed by atoms with van der Waals surface area (Å²) in [5.74, 6) is -0.854. The Labute approximate surface area is 114 Å². The minimum atomic E-state index is -0.716. The predicted molar refractivity (Wildman–Crippen MR) is 70.5 cm³/mol. The van der Waals surface area contributed by atoms with E-state index < -0.39 is 11.4 Å². The molecule has 5 nitrogen and oxygen atoms in total. The summed E-state index contributed by atoms with van der Waals surface area (Å²) in [4.78, 5) is 23.5. The number of hydrogen-bond donors (Lipinski definition) is 1. The topological polar surface area (TPSA) is 87.4 Å². The second kappa shape index (κ2) is 5.67. The molecule has 0 saturated heterocycles. The molecule has 0 fully saturated rings. The Balaban J connectivity index is 2.29. The number of hydrogen-bond acceptors (Lipinski definition) is 5. The van der Waals surface area contributed by atoms with E-state index in [9.17, 15) is 9.59 Å². The summed E-state index contributed by atoms with van der Waals surface area (Å²) in [6.07, 6.45) is 0. The average Bonchev–Trinajstić information content (AvgIpc) is 2.62. The first-order chi connectivity index (χ1) is 9.60. The normalized spacial score (nSPS) is 9.55. The number of carbonyl (C=O) groups is 1. The first-order valence-corrected chi connectivity index (χ1v) is 5.66. The van der Waals surface area contributed by atoms with Crippen molar-refractivity contribution in [2.24, 2.45) is 0 Å². The lowest BCUT2D eigenvalue weighted by molar-refractivity contribution is 0.0733. The Hall–Kier alpha value is -3.13. The minimum absolute atomic E-state index is 0.0239. The summed E-state index contributed by atoms with van der Waals surface area (Å²) in [6, 6.07) is 12.5. The van der Waals surface area contributed by atoms with E-state index >= 15 is 0 Å². The Morgan fingerprint density at radius 1 is 1.05 bits per heavy atom. The van der Waals surface area contributed by atoms with E-state index in [4.69, 9.17) is 15.1 Å². The predicted octanol–water partition coefficient (Wildman–Crippen LogP) is 1.84. The van der Waals surface area contributed by atoms with Crippen molar-refractivity contribution in [3.8, 4) is 17.6 Å². The number of nitriles is 1. The number of benzene rings is 1. The molecule has 2 aromatic rings. The van der Waals surface area contributed by atoms with Crippen LogP contribution in [0.25, 0.3) is 0 Å². The van der Waals surface area contributed by atoms with Crippen LogP contribution in [0.1, 0.15) is 15.9 Å². The molecule has 0 aliphatic carbocycles. The number of nitrogens with zero attached hydrogens (tertiary/aromatic N) is 1. The number of rotatable bonds is 2. The molecule has 1 N–H and O–H groups in total. The molecule has 2 aromatic carbocycles. The third-order valence-electron chi connectivity index (χ3n) is 2.51. The third kappa shape index (κ3) is 3.00. The summed E-state index contributed by atoms with van der Waals surface area (Å²) in [5, 5.41) is 17.9. The van der Waals surface area contributed by atoms with Crippen molar-refractivity contribution in [3.05, 3.63) is 69.9 Å². The van der Waals surface area contributed by atoms with Gasteiger partial charge in [-0.15, -0.1) is 0 Å². The minimum Gasteiger partial charge on any atom is -0.508 e. The zero-order valence-corrected chi connectivity index (χ0v) is 10.2. The molecule has 20 heavy (non-hydrogen) atoms. The molecule has 0 heterocycles. The van der Waals surface area contributed by atoms with Gasteiger partial charge < -0.3 is 9.84 Å². The van der Waals surface area contributed by atoms with Gasteiger partial charge in [0.15, 0.2) is 5.75 Å². The van der Waals surface area contributed by atoms with Crippen LogP contribution in [0.5, 0.6) is 11.5 Å². The van der Waals surface area contributed by atoms with Gasteiger partial charge in [-0.2, -0.15) is 5.26 Å². The Morgan fingerprint density at radius 2 is 1.70 bits per heavy atom. The number of phenols is 1. The van der Waals surface area contributed by atoms with Crippen LogP contribution < -0.4 is 10.2 Å². The maximum Gasteiger partial charge on any atom is 0.343 e. The maximum absolute atomic E-state index is 11.8. The van der Waals surface area contributed by atoms with E-state index in [1.54, 1.807) is 0 Å². The van der Waals surface area contributed by atoms with Gasteiger partial charge in [0.1, 0.15) is 5.75 Å². The van der Waals surface area contributed by atoms with Crippen LogP contribution in [0.3, 0.4) is 0 Å². The largest absolute Gasteiger partial charge is 0.508 e. The molecule has 0 saturated carbocycles.